The highest BCUT2D eigenvalue weighted by molar-refractivity contribution is 4.94. The fourth-order valence-electron chi connectivity index (χ4n) is 0.180. The van der Waals surface area contributed by atoms with Crippen LogP contribution in [0, 0.1) is 10.1 Å². The lowest BCUT2D eigenvalue weighted by atomic mass is 10.2. The third-order valence-corrected chi connectivity index (χ3v) is 1.03. The molecule has 46 valence electrons. The molecule has 0 heterocycles. The molecule has 0 aliphatic rings. The molecule has 0 spiro atoms. The molecule has 0 fully saturated rings. The van der Waals surface area contributed by atoms with E-state index in [0.717, 1.165) is 0 Å². The highest BCUT2D eigenvalue weighted by Gasteiger charge is 2.11. The predicted octanol–water partition coefficient (Wildman–Crippen LogP) is 1.23. The molecule has 3 heteroatoms. The summed E-state index contributed by atoms with van der Waals surface area (Å²) in [5.74, 6) is 0. The van der Waals surface area contributed by atoms with E-state index in [2.05, 4.69) is 6.58 Å². The van der Waals surface area contributed by atoms with E-state index in [1.807, 2.05) is 0 Å². The van der Waals surface area contributed by atoms with Gasteiger partial charge in [0.25, 0.3) is 0 Å². The van der Waals surface area contributed by atoms with E-state index in [9.17, 15) is 10.1 Å². The van der Waals surface area contributed by atoms with Gasteiger partial charge in [-0.25, -0.2) is 0 Å². The molecule has 0 aliphatic carbocycles. The Labute approximate surface area is 48.2 Å². The van der Waals surface area contributed by atoms with Gasteiger partial charge in [0.2, 0.25) is 6.04 Å². The van der Waals surface area contributed by atoms with E-state index in [1.54, 1.807) is 6.92 Å². The maximum Gasteiger partial charge on any atom is 0.230 e. The number of hydrogen-bond acceptors (Lipinski definition) is 2. The second-order valence-corrected chi connectivity index (χ2v) is 1.81. The number of nitro groups is 1. The molecular formula is C5H9NO2. The van der Waals surface area contributed by atoms with E-state index >= 15 is 0 Å². The zero-order chi connectivity index (χ0) is 6.73. The Kier molecular flexibility index (Phi) is 2.19. The summed E-state index contributed by atoms with van der Waals surface area (Å²) < 4.78 is 0. The normalized spacial score (nSPS) is 12.8. The second-order valence-electron chi connectivity index (χ2n) is 1.81. The molecule has 0 bridgehead atoms. The van der Waals surface area contributed by atoms with Crippen molar-refractivity contribution in [2.24, 2.45) is 0 Å². The lowest BCUT2D eigenvalue weighted by Gasteiger charge is -1.98. The highest BCUT2D eigenvalue weighted by Crippen LogP contribution is 1.98. The first kappa shape index (κ1) is 7.14. The summed E-state index contributed by atoms with van der Waals surface area (Å²) in [5.41, 5.74) is 0.593. The maximum atomic E-state index is 9.89. The van der Waals surface area contributed by atoms with Crippen LogP contribution < -0.4 is 0 Å². The first-order valence-electron chi connectivity index (χ1n) is 2.34. The van der Waals surface area contributed by atoms with Crippen molar-refractivity contribution < 1.29 is 4.92 Å². The van der Waals surface area contributed by atoms with E-state index in [0.29, 0.717) is 5.57 Å². The van der Waals surface area contributed by atoms with Crippen molar-refractivity contribution in [1.82, 2.24) is 0 Å². The SMILES string of the molecule is C=C(C)C(C)[N+](=O)[O-]. The van der Waals surface area contributed by atoms with Crippen molar-refractivity contribution in [2.75, 3.05) is 0 Å². The summed E-state index contributed by atoms with van der Waals surface area (Å²) in [7, 11) is 0. The van der Waals surface area contributed by atoms with Gasteiger partial charge in [0, 0.05) is 11.8 Å². The Hall–Kier alpha value is -0.860. The van der Waals surface area contributed by atoms with Crippen molar-refractivity contribution >= 4 is 0 Å². The first-order chi connectivity index (χ1) is 3.55. The van der Waals surface area contributed by atoms with E-state index < -0.39 is 6.04 Å². The average molecular weight is 115 g/mol. The van der Waals surface area contributed by atoms with E-state index in [-0.39, 0.29) is 4.92 Å². The summed E-state index contributed by atoms with van der Waals surface area (Å²) >= 11 is 0. The van der Waals surface area contributed by atoms with Crippen LogP contribution in [0.3, 0.4) is 0 Å². The average Bonchev–Trinajstić information content (AvgIpc) is 1.64. The molecular weight excluding hydrogens is 106 g/mol. The standard InChI is InChI=1S/C5H9NO2/c1-4(2)5(3)6(7)8/h5H,1H2,2-3H3. The Bertz CT molecular complexity index is 106. The van der Waals surface area contributed by atoms with Crippen molar-refractivity contribution in [3.63, 3.8) is 0 Å². The minimum atomic E-state index is -0.602. The van der Waals surface area contributed by atoms with Gasteiger partial charge in [0.05, 0.1) is 0 Å². The maximum absolute atomic E-state index is 9.89. The molecule has 0 aromatic rings. The van der Waals surface area contributed by atoms with Gasteiger partial charge in [-0.3, -0.25) is 10.1 Å². The van der Waals surface area contributed by atoms with Crippen LogP contribution in [0.25, 0.3) is 0 Å². The van der Waals surface area contributed by atoms with Gasteiger partial charge in [0.1, 0.15) is 0 Å². The molecule has 0 rings (SSSR count). The van der Waals surface area contributed by atoms with Crippen LogP contribution in [0.5, 0.6) is 0 Å². The van der Waals surface area contributed by atoms with Crippen LogP contribution in [0.2, 0.25) is 0 Å². The molecule has 0 aliphatic heterocycles. The predicted molar refractivity (Wildman–Crippen MR) is 31.3 cm³/mol. The van der Waals surface area contributed by atoms with E-state index in [1.165, 1.54) is 6.92 Å². The third kappa shape index (κ3) is 1.73. The molecule has 0 saturated heterocycles. The summed E-state index contributed by atoms with van der Waals surface area (Å²) in [4.78, 5) is 9.53. The quantitative estimate of drug-likeness (QED) is 0.308. The molecule has 8 heavy (non-hydrogen) atoms. The topological polar surface area (TPSA) is 43.1 Å². The fraction of sp³-hybridized carbons (Fsp3) is 0.600. The number of nitrogens with zero attached hydrogens (tertiary/aromatic N) is 1. The van der Waals surface area contributed by atoms with Crippen molar-refractivity contribution in [3.8, 4) is 0 Å². The monoisotopic (exact) mass is 115 g/mol. The van der Waals surface area contributed by atoms with Gasteiger partial charge in [-0.15, -0.1) is 0 Å². The highest BCUT2D eigenvalue weighted by atomic mass is 16.6. The second kappa shape index (κ2) is 2.45. The molecule has 0 saturated carbocycles. The van der Waals surface area contributed by atoms with Crippen LogP contribution in [-0.4, -0.2) is 11.0 Å². The van der Waals surface area contributed by atoms with Gasteiger partial charge in [-0.2, -0.15) is 0 Å². The van der Waals surface area contributed by atoms with Crippen LogP contribution in [0.4, 0.5) is 0 Å². The lowest BCUT2D eigenvalue weighted by molar-refractivity contribution is -0.507. The van der Waals surface area contributed by atoms with Crippen LogP contribution in [0.1, 0.15) is 13.8 Å². The summed E-state index contributed by atoms with van der Waals surface area (Å²) in [6.45, 7) is 6.60. The van der Waals surface area contributed by atoms with Gasteiger partial charge in [-0.1, -0.05) is 6.58 Å². The zero-order valence-corrected chi connectivity index (χ0v) is 5.05. The molecule has 0 aromatic heterocycles. The third-order valence-electron chi connectivity index (χ3n) is 1.03. The number of hydrogen-bond donors (Lipinski definition) is 0. The minimum Gasteiger partial charge on any atom is -0.264 e. The largest absolute Gasteiger partial charge is 0.264 e. The summed E-state index contributed by atoms with van der Waals surface area (Å²) in [5, 5.41) is 9.89. The Morgan fingerprint density at radius 3 is 2.25 bits per heavy atom. The Morgan fingerprint density at radius 1 is 1.88 bits per heavy atom. The smallest absolute Gasteiger partial charge is 0.230 e. The van der Waals surface area contributed by atoms with Crippen LogP contribution >= 0.6 is 0 Å². The lowest BCUT2D eigenvalue weighted by Crippen LogP contribution is -2.14. The molecule has 1 unspecified atom stereocenters. The van der Waals surface area contributed by atoms with Crippen LogP contribution in [0.15, 0.2) is 12.2 Å². The molecule has 0 amide bonds. The minimum absolute atomic E-state index is 0.359. The molecule has 0 radical (unpaired) electrons. The van der Waals surface area contributed by atoms with Crippen LogP contribution in [-0.2, 0) is 0 Å². The Morgan fingerprint density at radius 2 is 2.25 bits per heavy atom. The molecule has 0 N–H and O–H groups in total. The van der Waals surface area contributed by atoms with Gasteiger partial charge >= 0.3 is 0 Å². The molecule has 1 atom stereocenters. The Balaban J connectivity index is 3.83. The van der Waals surface area contributed by atoms with Gasteiger partial charge < -0.3 is 0 Å². The molecule has 0 aromatic carbocycles. The number of rotatable bonds is 2. The van der Waals surface area contributed by atoms with Gasteiger partial charge in [-0.05, 0) is 12.5 Å². The molecule has 3 nitrogen and oxygen atoms in total. The zero-order valence-electron chi connectivity index (χ0n) is 5.05. The summed E-state index contributed by atoms with van der Waals surface area (Å²) in [6.07, 6.45) is 0. The van der Waals surface area contributed by atoms with Gasteiger partial charge in [0.15, 0.2) is 0 Å². The van der Waals surface area contributed by atoms with Crippen molar-refractivity contribution in [1.29, 1.82) is 0 Å². The van der Waals surface area contributed by atoms with Crippen molar-refractivity contribution in [2.45, 2.75) is 19.9 Å². The van der Waals surface area contributed by atoms with E-state index in [4.69, 9.17) is 0 Å². The fourth-order valence-corrected chi connectivity index (χ4v) is 0.180. The van der Waals surface area contributed by atoms with Crippen molar-refractivity contribution in [3.05, 3.63) is 22.3 Å². The first-order valence-corrected chi connectivity index (χ1v) is 2.34. The summed E-state index contributed by atoms with van der Waals surface area (Å²) in [6, 6.07) is -0.602.